The molecular formula is C14H16FN5O3. The van der Waals surface area contributed by atoms with Crippen molar-refractivity contribution in [3.05, 3.63) is 25.1 Å². The van der Waals surface area contributed by atoms with Gasteiger partial charge in [-0.15, -0.1) is 0 Å². The number of hydrogen-bond donors (Lipinski definition) is 3. The average Bonchev–Trinajstić information content (AvgIpc) is 3.20. The first-order valence-electron chi connectivity index (χ1n) is 7.41. The second kappa shape index (κ2) is 5.52. The maximum absolute atomic E-state index is 12.3. The molecule has 2 fully saturated rings. The Kier molecular flexibility index (Phi) is 3.47. The van der Waals surface area contributed by atoms with Crippen LogP contribution >= 0.6 is 0 Å². The van der Waals surface area contributed by atoms with Gasteiger partial charge in [0.25, 0.3) is 0 Å². The largest absolute Gasteiger partial charge is 0.387 e. The molecule has 1 saturated heterocycles. The van der Waals surface area contributed by atoms with Crippen LogP contribution in [0.5, 0.6) is 0 Å². The number of nitrogens with one attached hydrogen (secondary N) is 1. The van der Waals surface area contributed by atoms with Crippen molar-refractivity contribution in [2.45, 2.75) is 43.4 Å². The summed E-state index contributed by atoms with van der Waals surface area (Å²) in [7, 11) is 0. The number of rotatable bonds is 4. The minimum absolute atomic E-state index is 0.287. The van der Waals surface area contributed by atoms with Crippen molar-refractivity contribution in [2.24, 2.45) is 0 Å². The molecule has 8 nitrogen and oxygen atoms in total. The highest BCUT2D eigenvalue weighted by molar-refractivity contribution is 5.83. The minimum Gasteiger partial charge on any atom is -0.387 e. The number of aliphatic hydroxyl groups excluding tert-OH is 2. The Morgan fingerprint density at radius 2 is 2.09 bits per heavy atom. The van der Waals surface area contributed by atoms with E-state index in [-0.39, 0.29) is 6.33 Å². The third-order valence-electron chi connectivity index (χ3n) is 4.09. The van der Waals surface area contributed by atoms with Gasteiger partial charge in [-0.05, 0) is 18.9 Å². The van der Waals surface area contributed by atoms with Crippen molar-refractivity contribution in [1.82, 2.24) is 19.5 Å². The normalized spacial score (nSPS) is 31.3. The number of imidazole rings is 1. The summed E-state index contributed by atoms with van der Waals surface area (Å²) >= 11 is 0. The zero-order valence-electron chi connectivity index (χ0n) is 12.1. The van der Waals surface area contributed by atoms with Crippen LogP contribution in [0, 0.1) is 0 Å². The van der Waals surface area contributed by atoms with E-state index in [2.05, 4.69) is 20.3 Å². The molecule has 2 aromatic rings. The topological polar surface area (TPSA) is 105 Å². The van der Waals surface area contributed by atoms with Crippen LogP contribution in [0.4, 0.5) is 10.2 Å². The predicted molar refractivity (Wildman–Crippen MR) is 78.1 cm³/mol. The lowest BCUT2D eigenvalue weighted by atomic mass is 10.1. The van der Waals surface area contributed by atoms with E-state index in [1.165, 1.54) is 17.2 Å². The number of halogens is 1. The third-order valence-corrected chi connectivity index (χ3v) is 4.09. The van der Waals surface area contributed by atoms with Crippen LogP contribution in [0.2, 0.25) is 0 Å². The van der Waals surface area contributed by atoms with Crippen molar-refractivity contribution in [3.63, 3.8) is 0 Å². The van der Waals surface area contributed by atoms with E-state index in [0.29, 0.717) is 23.0 Å². The number of anilines is 1. The number of hydrogen-bond acceptors (Lipinski definition) is 7. The molecule has 4 atom stereocenters. The van der Waals surface area contributed by atoms with E-state index in [1.807, 2.05) is 0 Å². The van der Waals surface area contributed by atoms with E-state index in [1.54, 1.807) is 0 Å². The Labute approximate surface area is 130 Å². The summed E-state index contributed by atoms with van der Waals surface area (Å²) in [5.41, 5.74) is 1.04. The quantitative estimate of drug-likeness (QED) is 0.753. The average molecular weight is 321 g/mol. The number of ether oxygens (including phenoxy) is 1. The Bertz CT molecular complexity index is 747. The molecule has 122 valence electrons. The lowest BCUT2D eigenvalue weighted by Gasteiger charge is -2.16. The standard InChI is InChI=1S/C14H16FN5O3/c15-4-3-8-10(21)11(22)14(23-8)20-6-18-9-12(19-7-1-2-7)16-5-17-13(9)20/h3-8,10-11,14,21-22H,1-2H2,(H,16,17,19)/t8-,10-,11-,14-/m1/s1. The second-order valence-electron chi connectivity index (χ2n) is 5.76. The lowest BCUT2D eigenvalue weighted by Crippen LogP contribution is -2.30. The van der Waals surface area contributed by atoms with Gasteiger partial charge >= 0.3 is 0 Å². The minimum atomic E-state index is -1.23. The predicted octanol–water partition coefficient (Wildman–Crippen LogP) is 0.503. The molecule has 0 aromatic carbocycles. The van der Waals surface area contributed by atoms with Gasteiger partial charge in [-0.2, -0.15) is 0 Å². The van der Waals surface area contributed by atoms with Crippen molar-refractivity contribution in [1.29, 1.82) is 0 Å². The van der Waals surface area contributed by atoms with Gasteiger partial charge in [-0.1, -0.05) is 0 Å². The third kappa shape index (κ3) is 2.46. The molecule has 4 rings (SSSR count). The van der Waals surface area contributed by atoms with Crippen LogP contribution in [0.1, 0.15) is 19.1 Å². The molecule has 1 aliphatic carbocycles. The number of aliphatic hydroxyl groups is 2. The summed E-state index contributed by atoms with van der Waals surface area (Å²) in [6.07, 6.45) is 2.14. The molecule has 0 bridgehead atoms. The molecule has 23 heavy (non-hydrogen) atoms. The summed E-state index contributed by atoms with van der Waals surface area (Å²) in [6.45, 7) is 0. The fourth-order valence-corrected chi connectivity index (χ4v) is 2.71. The van der Waals surface area contributed by atoms with Gasteiger partial charge in [0, 0.05) is 6.04 Å². The fourth-order valence-electron chi connectivity index (χ4n) is 2.71. The molecule has 3 N–H and O–H groups in total. The summed E-state index contributed by atoms with van der Waals surface area (Å²) in [5.74, 6) is 0.629. The number of aromatic nitrogens is 4. The Morgan fingerprint density at radius 1 is 1.26 bits per heavy atom. The number of fused-ring (bicyclic) bond motifs is 1. The molecule has 0 radical (unpaired) electrons. The molecule has 9 heteroatoms. The van der Waals surface area contributed by atoms with Crippen molar-refractivity contribution in [3.8, 4) is 0 Å². The van der Waals surface area contributed by atoms with Crippen LogP contribution < -0.4 is 5.32 Å². The highest BCUT2D eigenvalue weighted by Gasteiger charge is 2.43. The highest BCUT2D eigenvalue weighted by Crippen LogP contribution is 2.33. The molecular weight excluding hydrogens is 305 g/mol. The van der Waals surface area contributed by atoms with Crippen LogP contribution in [0.3, 0.4) is 0 Å². The van der Waals surface area contributed by atoms with Crippen LogP contribution in [-0.2, 0) is 4.74 Å². The Morgan fingerprint density at radius 3 is 2.83 bits per heavy atom. The molecule has 3 heterocycles. The van der Waals surface area contributed by atoms with Crippen LogP contribution in [-0.4, -0.2) is 54.1 Å². The second-order valence-corrected chi connectivity index (χ2v) is 5.76. The molecule has 1 saturated carbocycles. The number of nitrogens with zero attached hydrogens (tertiary/aromatic N) is 4. The Balaban J connectivity index is 1.69. The maximum Gasteiger partial charge on any atom is 0.167 e. The molecule has 0 unspecified atom stereocenters. The van der Waals surface area contributed by atoms with Gasteiger partial charge in [0.05, 0.1) is 12.7 Å². The summed E-state index contributed by atoms with van der Waals surface area (Å²) in [4.78, 5) is 12.7. The molecule has 0 amide bonds. The van der Waals surface area contributed by atoms with Crippen molar-refractivity contribution < 1.29 is 19.3 Å². The summed E-state index contributed by atoms with van der Waals surface area (Å²) in [5, 5.41) is 23.4. The van der Waals surface area contributed by atoms with Gasteiger partial charge in [-0.25, -0.2) is 19.3 Å². The summed E-state index contributed by atoms with van der Waals surface area (Å²) in [6, 6.07) is 0.410. The molecule has 1 aliphatic heterocycles. The summed E-state index contributed by atoms with van der Waals surface area (Å²) < 4.78 is 19.4. The first-order chi connectivity index (χ1) is 11.2. The zero-order valence-corrected chi connectivity index (χ0v) is 12.1. The van der Waals surface area contributed by atoms with Crippen LogP contribution in [0.25, 0.3) is 11.2 Å². The zero-order chi connectivity index (χ0) is 16.0. The SMILES string of the molecule is O[C@@H]1[C@H](O)[C@@H](C=CF)O[C@H]1n1cnc2c(NC3CC3)ncnc21. The monoisotopic (exact) mass is 321 g/mol. The van der Waals surface area contributed by atoms with E-state index in [0.717, 1.165) is 18.9 Å². The lowest BCUT2D eigenvalue weighted by molar-refractivity contribution is -0.0246. The van der Waals surface area contributed by atoms with Gasteiger partial charge in [0.2, 0.25) is 0 Å². The Hall–Kier alpha value is -2.10. The van der Waals surface area contributed by atoms with Crippen LogP contribution in [0.15, 0.2) is 25.1 Å². The maximum atomic E-state index is 12.3. The van der Waals surface area contributed by atoms with Gasteiger partial charge < -0.3 is 20.3 Å². The smallest absolute Gasteiger partial charge is 0.167 e. The van der Waals surface area contributed by atoms with Crippen molar-refractivity contribution >= 4 is 17.0 Å². The molecule has 0 spiro atoms. The van der Waals surface area contributed by atoms with Gasteiger partial charge in [0.1, 0.15) is 24.6 Å². The first kappa shape index (κ1) is 14.5. The van der Waals surface area contributed by atoms with Crippen molar-refractivity contribution in [2.75, 3.05) is 5.32 Å². The van der Waals surface area contributed by atoms with E-state index >= 15 is 0 Å². The van der Waals surface area contributed by atoms with Gasteiger partial charge in [-0.3, -0.25) is 4.57 Å². The molecule has 2 aromatic heterocycles. The first-order valence-corrected chi connectivity index (χ1v) is 7.41. The highest BCUT2D eigenvalue weighted by atomic mass is 19.1. The fraction of sp³-hybridized carbons (Fsp3) is 0.500. The van der Waals surface area contributed by atoms with E-state index < -0.39 is 24.5 Å². The van der Waals surface area contributed by atoms with Gasteiger partial charge in [0.15, 0.2) is 23.2 Å². The van der Waals surface area contributed by atoms with E-state index in [4.69, 9.17) is 4.74 Å². The van der Waals surface area contributed by atoms with E-state index in [9.17, 15) is 14.6 Å². The molecule has 2 aliphatic rings.